The van der Waals surface area contributed by atoms with Gasteiger partial charge in [-0.25, -0.2) is 0 Å². The highest BCUT2D eigenvalue weighted by molar-refractivity contribution is 14.0. The molecule has 1 heterocycles. The number of rotatable bonds is 10. The first-order chi connectivity index (χ1) is 11.5. The molecule has 0 aliphatic heterocycles. The first kappa shape index (κ1) is 24.2. The Bertz CT molecular complexity index is 480. The molecule has 0 fully saturated rings. The summed E-state index contributed by atoms with van der Waals surface area (Å²) < 4.78 is 5.40. The molecule has 25 heavy (non-hydrogen) atoms. The summed E-state index contributed by atoms with van der Waals surface area (Å²) in [5.74, 6) is 1.80. The first-order valence-corrected chi connectivity index (χ1v) is 9.14. The summed E-state index contributed by atoms with van der Waals surface area (Å²) in [4.78, 5) is 6.66. The number of aromatic nitrogens is 1. The fourth-order valence-corrected chi connectivity index (χ4v) is 2.48. The molecule has 0 radical (unpaired) electrons. The molecule has 6 nitrogen and oxygen atoms in total. The topological polar surface area (TPSA) is 65.7 Å². The number of guanidine groups is 1. The van der Waals surface area contributed by atoms with Crippen molar-refractivity contribution < 1.29 is 4.52 Å². The minimum absolute atomic E-state index is 0. The van der Waals surface area contributed by atoms with Crippen molar-refractivity contribution in [2.24, 2.45) is 4.99 Å². The van der Waals surface area contributed by atoms with Crippen LogP contribution in [-0.2, 0) is 19.4 Å². The zero-order valence-corrected chi connectivity index (χ0v) is 19.0. The highest BCUT2D eigenvalue weighted by atomic mass is 127. The van der Waals surface area contributed by atoms with Gasteiger partial charge >= 0.3 is 0 Å². The predicted octanol–water partition coefficient (Wildman–Crippen LogP) is 3.20. The van der Waals surface area contributed by atoms with Gasteiger partial charge in [0.15, 0.2) is 5.96 Å². The van der Waals surface area contributed by atoms with Gasteiger partial charge in [0, 0.05) is 38.2 Å². The molecule has 0 unspecified atom stereocenters. The van der Waals surface area contributed by atoms with E-state index in [1.54, 1.807) is 7.05 Å². The molecule has 1 aromatic rings. The van der Waals surface area contributed by atoms with Crippen LogP contribution in [0.25, 0.3) is 0 Å². The largest absolute Gasteiger partial charge is 0.361 e. The SMILES string of the molecule is CCc1noc(CC)c1CNC(=NC)NCCCCN(C)C(C)C.I. The van der Waals surface area contributed by atoms with Crippen molar-refractivity contribution in [3.05, 3.63) is 17.0 Å². The highest BCUT2D eigenvalue weighted by Crippen LogP contribution is 2.15. The lowest BCUT2D eigenvalue weighted by atomic mass is 10.1. The second kappa shape index (κ2) is 13.4. The Labute approximate surface area is 170 Å². The first-order valence-electron chi connectivity index (χ1n) is 9.14. The molecule has 2 N–H and O–H groups in total. The molecule has 0 aliphatic carbocycles. The molecule has 0 aromatic carbocycles. The van der Waals surface area contributed by atoms with E-state index in [1.165, 1.54) is 12.0 Å². The molecule has 0 amide bonds. The summed E-state index contributed by atoms with van der Waals surface area (Å²) in [5.41, 5.74) is 2.20. The van der Waals surface area contributed by atoms with Gasteiger partial charge < -0.3 is 20.1 Å². The van der Waals surface area contributed by atoms with E-state index in [0.717, 1.165) is 49.8 Å². The van der Waals surface area contributed by atoms with Crippen molar-refractivity contribution in [1.29, 1.82) is 0 Å². The van der Waals surface area contributed by atoms with Crippen LogP contribution in [0, 0.1) is 0 Å². The third-order valence-corrected chi connectivity index (χ3v) is 4.37. The van der Waals surface area contributed by atoms with Crippen LogP contribution in [0.15, 0.2) is 9.52 Å². The Morgan fingerprint density at radius 1 is 1.20 bits per heavy atom. The minimum Gasteiger partial charge on any atom is -0.361 e. The van der Waals surface area contributed by atoms with Gasteiger partial charge in [0.2, 0.25) is 0 Å². The molecule has 0 saturated carbocycles. The average Bonchev–Trinajstić information content (AvgIpc) is 2.98. The van der Waals surface area contributed by atoms with Crippen molar-refractivity contribution >= 4 is 29.9 Å². The lowest BCUT2D eigenvalue weighted by Crippen LogP contribution is -2.37. The number of halogens is 1. The van der Waals surface area contributed by atoms with E-state index in [1.807, 2.05) is 0 Å². The Kier molecular flexibility index (Phi) is 12.9. The van der Waals surface area contributed by atoms with Crippen LogP contribution >= 0.6 is 24.0 Å². The third-order valence-electron chi connectivity index (χ3n) is 4.37. The fraction of sp³-hybridized carbons (Fsp3) is 0.778. The van der Waals surface area contributed by atoms with Crippen molar-refractivity contribution in [2.75, 3.05) is 27.2 Å². The van der Waals surface area contributed by atoms with Gasteiger partial charge in [-0.15, -0.1) is 24.0 Å². The molecular weight excluding hydrogens is 429 g/mol. The van der Waals surface area contributed by atoms with E-state index in [9.17, 15) is 0 Å². The van der Waals surface area contributed by atoms with E-state index in [2.05, 4.69) is 60.4 Å². The Morgan fingerprint density at radius 2 is 1.92 bits per heavy atom. The van der Waals surface area contributed by atoms with Gasteiger partial charge in [-0.05, 0) is 46.7 Å². The van der Waals surface area contributed by atoms with Gasteiger partial charge in [-0.1, -0.05) is 19.0 Å². The van der Waals surface area contributed by atoms with Crippen LogP contribution in [0.3, 0.4) is 0 Å². The van der Waals surface area contributed by atoms with Crippen LogP contribution in [0.5, 0.6) is 0 Å². The number of hydrogen-bond donors (Lipinski definition) is 2. The van der Waals surface area contributed by atoms with Gasteiger partial charge in [0.1, 0.15) is 5.76 Å². The third kappa shape index (κ3) is 8.40. The number of hydrogen-bond acceptors (Lipinski definition) is 4. The van der Waals surface area contributed by atoms with Crippen molar-refractivity contribution in [1.82, 2.24) is 20.7 Å². The zero-order valence-electron chi connectivity index (χ0n) is 16.7. The summed E-state index contributed by atoms with van der Waals surface area (Å²) in [7, 11) is 3.98. The summed E-state index contributed by atoms with van der Waals surface area (Å²) in [6.07, 6.45) is 4.06. The molecule has 0 atom stereocenters. The monoisotopic (exact) mass is 465 g/mol. The number of aryl methyl sites for hydroxylation is 2. The maximum absolute atomic E-state index is 5.40. The zero-order chi connectivity index (χ0) is 17.9. The van der Waals surface area contributed by atoms with E-state index in [4.69, 9.17) is 4.52 Å². The Morgan fingerprint density at radius 3 is 2.48 bits per heavy atom. The van der Waals surface area contributed by atoms with Gasteiger partial charge in [-0.3, -0.25) is 4.99 Å². The van der Waals surface area contributed by atoms with Crippen molar-refractivity contribution in [3.8, 4) is 0 Å². The second-order valence-corrected chi connectivity index (χ2v) is 6.37. The van der Waals surface area contributed by atoms with E-state index < -0.39 is 0 Å². The van der Waals surface area contributed by atoms with Crippen LogP contribution < -0.4 is 10.6 Å². The average molecular weight is 465 g/mol. The fourth-order valence-electron chi connectivity index (χ4n) is 2.48. The van der Waals surface area contributed by atoms with Crippen LogP contribution in [0.2, 0.25) is 0 Å². The van der Waals surface area contributed by atoms with E-state index >= 15 is 0 Å². The van der Waals surface area contributed by atoms with Crippen molar-refractivity contribution in [2.45, 2.75) is 66.0 Å². The van der Waals surface area contributed by atoms with Gasteiger partial charge in [0.25, 0.3) is 0 Å². The predicted molar refractivity (Wildman–Crippen MR) is 116 cm³/mol. The molecule has 0 aliphatic rings. The van der Waals surface area contributed by atoms with Gasteiger partial charge in [0.05, 0.1) is 5.69 Å². The van der Waals surface area contributed by atoms with E-state index in [-0.39, 0.29) is 24.0 Å². The standard InChI is InChI=1S/C18H35N5O.HI/c1-7-16-15(17(8-2)24-22-16)13-21-18(19-5)20-11-9-10-12-23(6)14(3)4;/h14H,7-13H2,1-6H3,(H2,19,20,21);1H. The Hall–Kier alpha value is -0.830. The number of aliphatic imine (C=N–C) groups is 1. The molecule has 146 valence electrons. The lowest BCUT2D eigenvalue weighted by molar-refractivity contribution is 0.268. The highest BCUT2D eigenvalue weighted by Gasteiger charge is 2.13. The molecule has 0 spiro atoms. The molecule has 1 aromatic heterocycles. The normalized spacial score (nSPS) is 11.8. The summed E-state index contributed by atoms with van der Waals surface area (Å²) in [6.45, 7) is 11.4. The van der Waals surface area contributed by atoms with Crippen LogP contribution in [0.4, 0.5) is 0 Å². The summed E-state index contributed by atoms with van der Waals surface area (Å²) in [6, 6.07) is 0.608. The smallest absolute Gasteiger partial charge is 0.191 e. The molecule has 0 saturated heterocycles. The molecule has 7 heteroatoms. The van der Waals surface area contributed by atoms with Crippen LogP contribution in [-0.4, -0.2) is 49.2 Å². The minimum atomic E-state index is 0. The molecular formula is C18H36IN5O. The number of nitrogens with one attached hydrogen (secondary N) is 2. The quantitative estimate of drug-likeness (QED) is 0.241. The lowest BCUT2D eigenvalue weighted by Gasteiger charge is -2.20. The van der Waals surface area contributed by atoms with Gasteiger partial charge in [-0.2, -0.15) is 0 Å². The van der Waals surface area contributed by atoms with E-state index in [0.29, 0.717) is 12.6 Å². The summed E-state index contributed by atoms with van der Waals surface area (Å²) in [5, 5.41) is 10.9. The molecule has 0 bridgehead atoms. The van der Waals surface area contributed by atoms with Crippen molar-refractivity contribution in [3.63, 3.8) is 0 Å². The van der Waals surface area contributed by atoms with Crippen LogP contribution in [0.1, 0.15) is 57.6 Å². The molecule has 1 rings (SSSR count). The summed E-state index contributed by atoms with van der Waals surface area (Å²) >= 11 is 0. The maximum atomic E-state index is 5.40. The maximum Gasteiger partial charge on any atom is 0.191 e. The number of nitrogens with zero attached hydrogens (tertiary/aromatic N) is 3. The number of unbranched alkanes of at least 4 members (excludes halogenated alkanes) is 1. The Balaban J connectivity index is 0.00000576. The second-order valence-electron chi connectivity index (χ2n) is 6.37.